The number of ketones is 1. The molecule has 2 saturated heterocycles. The first-order chi connectivity index (χ1) is 40.6. The van der Waals surface area contributed by atoms with E-state index < -0.39 is 17.9 Å². The zero-order valence-electron chi connectivity index (χ0n) is 48.5. The fourth-order valence-corrected chi connectivity index (χ4v) is 12.3. The molecule has 84 heavy (non-hydrogen) atoms. The Kier molecular flexibility index (Phi) is 18.3. The van der Waals surface area contributed by atoms with Crippen LogP contribution >= 0.6 is 11.6 Å². The van der Waals surface area contributed by atoms with Gasteiger partial charge in [0.25, 0.3) is 5.91 Å². The summed E-state index contributed by atoms with van der Waals surface area (Å²) in [6.45, 7) is 16.4. The van der Waals surface area contributed by atoms with E-state index in [4.69, 9.17) is 43.5 Å². The summed E-state index contributed by atoms with van der Waals surface area (Å²) in [6, 6.07) is 25.8. The van der Waals surface area contributed by atoms with Crippen LogP contribution < -0.4 is 20.1 Å². The number of aromatic nitrogens is 3. The normalized spacial score (nSPS) is 17.8. The van der Waals surface area contributed by atoms with Crippen molar-refractivity contribution in [3.05, 3.63) is 159 Å². The molecule has 19 heteroatoms. The lowest BCUT2D eigenvalue weighted by Gasteiger charge is -2.38. The number of methoxy groups -OCH3 is 1. The summed E-state index contributed by atoms with van der Waals surface area (Å²) in [6.07, 6.45) is 9.63. The van der Waals surface area contributed by atoms with E-state index in [1.54, 1.807) is 45.8 Å². The Morgan fingerprint density at radius 1 is 0.857 bits per heavy atom. The number of nitrogens with zero attached hydrogens (tertiary/aromatic N) is 10. The van der Waals surface area contributed by atoms with Gasteiger partial charge in [-0.3, -0.25) is 24.3 Å². The lowest BCUT2D eigenvalue weighted by molar-refractivity contribution is -0.135. The number of ether oxygens (including phenoxy) is 2. The molecule has 3 atom stereocenters. The highest BCUT2D eigenvalue weighted by Gasteiger charge is 2.46. The van der Waals surface area contributed by atoms with Crippen molar-refractivity contribution < 1.29 is 33.0 Å². The van der Waals surface area contributed by atoms with Gasteiger partial charge in [0.05, 0.1) is 55.3 Å². The number of unbranched alkanes of at least 4 members (excludes halogenated alkanes) is 5. The maximum Gasteiger partial charge on any atom is 0.326 e. The molecule has 6 aromatic rings. The van der Waals surface area contributed by atoms with Crippen molar-refractivity contribution >= 4 is 58.4 Å². The number of urea groups is 1. The number of carbonyl (C=O) groups is 4. The number of hydrogen-bond acceptors (Lipinski definition) is 11. The molecular formula is C65H73ClFN11O6. The number of Topliss-reactive ketones (excluding diaryl/α,β-unsaturated/α-hetero) is 1. The largest absolute Gasteiger partial charge is 0.497 e. The van der Waals surface area contributed by atoms with E-state index in [1.807, 2.05) is 98.5 Å². The summed E-state index contributed by atoms with van der Waals surface area (Å²) < 4.78 is 28.5. The number of benzene rings is 4. The number of hydrogen-bond donors (Lipinski definition) is 1. The Morgan fingerprint density at radius 2 is 1.58 bits per heavy atom. The van der Waals surface area contributed by atoms with E-state index in [0.29, 0.717) is 126 Å². The number of aliphatic imine (C=N–C) groups is 1. The third-order valence-corrected chi connectivity index (χ3v) is 16.7. The van der Waals surface area contributed by atoms with E-state index >= 15 is 4.79 Å². The second-order valence-electron chi connectivity index (χ2n) is 22.7. The first-order valence-electron chi connectivity index (χ1n) is 29.3. The summed E-state index contributed by atoms with van der Waals surface area (Å²) >= 11 is 6.42. The van der Waals surface area contributed by atoms with Crippen molar-refractivity contribution in [1.82, 2.24) is 34.4 Å². The Balaban J connectivity index is 0.717. The molecule has 6 heterocycles. The van der Waals surface area contributed by atoms with Gasteiger partial charge in [0, 0.05) is 74.5 Å². The van der Waals surface area contributed by atoms with Crippen molar-refractivity contribution in [2.75, 3.05) is 57.5 Å². The predicted octanol–water partition coefficient (Wildman–Crippen LogP) is 12.5. The average molecular weight is 1160 g/mol. The van der Waals surface area contributed by atoms with Crippen LogP contribution in [-0.4, -0.2) is 117 Å². The van der Waals surface area contributed by atoms with Crippen LogP contribution in [0.3, 0.4) is 0 Å². The molecule has 4 aromatic carbocycles. The van der Waals surface area contributed by atoms with Gasteiger partial charge >= 0.3 is 11.8 Å². The molecule has 0 saturated carbocycles. The summed E-state index contributed by atoms with van der Waals surface area (Å²) in [5.41, 5.74) is 13.5. The number of nitrogen functional groups attached to an aromatic ring is 1. The van der Waals surface area contributed by atoms with Crippen molar-refractivity contribution in [3.8, 4) is 22.6 Å². The minimum Gasteiger partial charge on any atom is -0.497 e. The number of piperazine rings is 1. The Morgan fingerprint density at radius 3 is 2.32 bits per heavy atom. The maximum absolute atomic E-state index is 15.2. The van der Waals surface area contributed by atoms with Gasteiger partial charge in [-0.1, -0.05) is 85.8 Å². The molecular weight excluding hydrogens is 1090 g/mol. The van der Waals surface area contributed by atoms with Crippen LogP contribution in [0.5, 0.6) is 11.5 Å². The molecule has 2 bridgehead atoms. The average Bonchev–Trinajstić information content (AvgIpc) is 2.07. The van der Waals surface area contributed by atoms with Gasteiger partial charge in [-0.25, -0.2) is 14.2 Å². The standard InChI is InChI=1S/C65H73ClFN11O6/c1-41(2)84-56-37-49(83-6)27-29-51(56)63-71-59(43-20-18-42(3)19-21-43)60(44-22-24-46(66)25-23-44)78(63)65(82)75-34-33-74(57(80)40-75)30-12-10-8-7-9-11-15-48(79)16-13-32-77-55-39-73(5)64(81)50-28-26-47(67)36-52(50)53-17-14-31-76(53)54-35-45(38-70-61(54)68)58(55)62(69-4)72-77/h18-29,35-38,41,53,59-60H,7-17,30-34,39-40H2,1-3,5-6H3,(H2,68,70)/t53-,59+,60-/m1/s1. The number of amidine groups is 1. The van der Waals surface area contributed by atoms with Crippen LogP contribution in [0.2, 0.25) is 5.02 Å². The number of nitrogens with two attached hydrogens (primary N) is 1. The van der Waals surface area contributed by atoms with Gasteiger partial charge in [0.2, 0.25) is 5.91 Å². The van der Waals surface area contributed by atoms with E-state index in [2.05, 4.69) is 14.7 Å². The van der Waals surface area contributed by atoms with Crippen molar-refractivity contribution in [3.63, 3.8) is 0 Å². The number of aryl methyl sites for hydroxylation is 2. The van der Waals surface area contributed by atoms with E-state index in [1.165, 1.54) is 12.1 Å². The summed E-state index contributed by atoms with van der Waals surface area (Å²) in [4.78, 5) is 79.1. The third-order valence-electron chi connectivity index (χ3n) is 16.5. The quantitative estimate of drug-likeness (QED) is 0.0606. The van der Waals surface area contributed by atoms with Gasteiger partial charge in [-0.05, 0) is 129 Å². The Bertz CT molecular complexity index is 3490. The lowest BCUT2D eigenvalue weighted by atomic mass is 9.93. The van der Waals surface area contributed by atoms with Gasteiger partial charge in [0.1, 0.15) is 47.3 Å². The van der Waals surface area contributed by atoms with Crippen LogP contribution in [0.4, 0.5) is 26.5 Å². The number of carbonyl (C=O) groups excluding carboxylic acids is 4. The van der Waals surface area contributed by atoms with Crippen LogP contribution in [0.1, 0.15) is 146 Å². The topological polar surface area (TPSA) is 176 Å². The Labute approximate surface area is 496 Å². The van der Waals surface area contributed by atoms with Crippen molar-refractivity contribution in [1.29, 1.82) is 0 Å². The smallest absolute Gasteiger partial charge is 0.326 e. The number of amides is 4. The van der Waals surface area contributed by atoms with Gasteiger partial charge in [-0.15, -0.1) is 0 Å². The Hall–Kier alpha value is -8.30. The molecule has 0 radical (unpaired) electrons. The maximum atomic E-state index is 15.2. The minimum atomic E-state index is -0.562. The number of fused-ring (bicyclic) bond motifs is 8. The summed E-state index contributed by atoms with van der Waals surface area (Å²) in [5.74, 6) is 1.39. The highest BCUT2D eigenvalue weighted by molar-refractivity contribution is 6.30. The van der Waals surface area contributed by atoms with Gasteiger partial charge in [0.15, 0.2) is 0 Å². The molecule has 4 amide bonds. The molecule has 438 valence electrons. The summed E-state index contributed by atoms with van der Waals surface area (Å²) in [5, 5.41) is 5.29. The lowest BCUT2D eigenvalue weighted by Crippen LogP contribution is -2.56. The van der Waals surface area contributed by atoms with Crippen molar-refractivity contribution in [2.45, 2.75) is 129 Å². The highest BCUT2D eigenvalue weighted by atomic mass is 35.5. The molecule has 0 spiro atoms. The first-order valence-corrected chi connectivity index (χ1v) is 29.7. The van der Waals surface area contributed by atoms with E-state index in [9.17, 15) is 18.8 Å². The molecule has 2 aromatic heterocycles. The molecule has 0 unspecified atom stereocenters. The van der Waals surface area contributed by atoms with Gasteiger partial charge < -0.3 is 39.7 Å². The number of pyridine rings is 1. The zero-order chi connectivity index (χ0) is 59.2. The molecule has 17 nitrogen and oxygen atoms in total. The SMILES string of the molecule is [C-]#[N+]c1nn(CCCC(=O)CCCCCCCCN2CCN(C(=O)N3C(c4ccc(OC)cc4OC(C)C)=N[C@@H](c4ccc(C)cc4)[C@H]3c3ccc(Cl)cc3)CC2=O)c2c1-c1cnc(N)c(c1)N1CCC[C@@H]1c1cc(F)ccc1C(=O)N(C)C2. The van der Waals surface area contributed by atoms with Crippen molar-refractivity contribution in [2.24, 2.45) is 4.99 Å². The fraction of sp³-hybridized carbons (Fsp3) is 0.415. The molecule has 4 aliphatic rings. The number of rotatable bonds is 19. The second-order valence-corrected chi connectivity index (χ2v) is 23.1. The number of halogens is 2. The molecule has 2 fully saturated rings. The summed E-state index contributed by atoms with van der Waals surface area (Å²) in [7, 11) is 3.29. The fourth-order valence-electron chi connectivity index (χ4n) is 12.2. The monoisotopic (exact) mass is 1160 g/mol. The van der Waals surface area contributed by atoms with Crippen LogP contribution in [0.15, 0.2) is 102 Å². The minimum absolute atomic E-state index is 0.0669. The van der Waals surface area contributed by atoms with E-state index in [-0.39, 0.29) is 54.7 Å². The predicted molar refractivity (Wildman–Crippen MR) is 323 cm³/mol. The molecule has 2 N–H and O–H groups in total. The van der Waals surface area contributed by atoms with Crippen LogP contribution in [-0.2, 0) is 22.7 Å². The molecule has 10 rings (SSSR count). The highest BCUT2D eigenvalue weighted by Crippen LogP contribution is 2.47. The zero-order valence-corrected chi connectivity index (χ0v) is 49.3. The van der Waals surface area contributed by atoms with E-state index in [0.717, 1.165) is 61.6 Å². The number of anilines is 2. The first kappa shape index (κ1) is 58.9. The third kappa shape index (κ3) is 12.8. The molecule has 0 aliphatic carbocycles. The molecule has 4 aliphatic heterocycles. The van der Waals surface area contributed by atoms with Crippen LogP contribution in [0.25, 0.3) is 16.0 Å². The van der Waals surface area contributed by atoms with Gasteiger partial charge in [-0.2, -0.15) is 4.68 Å². The second kappa shape index (κ2) is 26.1. The van der Waals surface area contributed by atoms with Crippen LogP contribution in [0, 0.1) is 19.3 Å².